The molecule has 0 amide bonds. The fraction of sp³-hybridized carbons (Fsp3) is 0.909. The lowest BCUT2D eigenvalue weighted by molar-refractivity contribution is -0.144. The fourth-order valence-electron chi connectivity index (χ4n) is 2.20. The number of hydrogen-bond acceptors (Lipinski definition) is 3. The molecule has 0 aromatic heterocycles. The van der Waals surface area contributed by atoms with Crippen molar-refractivity contribution in [2.24, 2.45) is 5.92 Å². The molecular weight excluding hydrogens is 180 g/mol. The molecule has 0 aromatic rings. The van der Waals surface area contributed by atoms with E-state index < -0.39 is 0 Å². The fourth-order valence-corrected chi connectivity index (χ4v) is 2.20. The zero-order valence-corrected chi connectivity index (χ0v) is 9.12. The summed E-state index contributed by atoms with van der Waals surface area (Å²) in [6.45, 7) is 0. The minimum Gasteiger partial charge on any atom is -0.469 e. The highest BCUT2D eigenvalue weighted by molar-refractivity contribution is 5.69. The van der Waals surface area contributed by atoms with Gasteiger partial charge in [0.25, 0.3) is 0 Å². The van der Waals surface area contributed by atoms with Crippen LogP contribution in [-0.4, -0.2) is 26.3 Å². The smallest absolute Gasteiger partial charge is 0.308 e. The maximum Gasteiger partial charge on any atom is 0.308 e. The van der Waals surface area contributed by atoms with Crippen LogP contribution >= 0.6 is 0 Å². The highest BCUT2D eigenvalue weighted by Gasteiger charge is 2.25. The molecule has 1 fully saturated rings. The van der Waals surface area contributed by atoms with Crippen molar-refractivity contribution in [1.29, 1.82) is 0 Å². The first-order chi connectivity index (χ1) is 6.77. The van der Waals surface area contributed by atoms with Gasteiger partial charge in [0.15, 0.2) is 0 Å². The van der Waals surface area contributed by atoms with Gasteiger partial charge in [0.2, 0.25) is 0 Å². The predicted octanol–water partition coefficient (Wildman–Crippen LogP) is 2.14. The van der Waals surface area contributed by atoms with Gasteiger partial charge >= 0.3 is 5.97 Å². The van der Waals surface area contributed by atoms with Gasteiger partial charge in [0, 0.05) is 7.11 Å². The van der Waals surface area contributed by atoms with E-state index in [1.165, 1.54) is 39.2 Å². The molecule has 14 heavy (non-hydrogen) atoms. The molecule has 1 aliphatic carbocycles. The summed E-state index contributed by atoms with van der Waals surface area (Å²) in [6, 6.07) is 0. The Kier molecular flexibility index (Phi) is 4.94. The van der Waals surface area contributed by atoms with Gasteiger partial charge in [-0.3, -0.25) is 4.79 Å². The SMILES string of the molecule is COC(=O)CC(OC)C1CCCCC1. The van der Waals surface area contributed by atoms with Crippen LogP contribution in [0, 0.1) is 5.92 Å². The van der Waals surface area contributed by atoms with E-state index in [1.54, 1.807) is 7.11 Å². The summed E-state index contributed by atoms with van der Waals surface area (Å²) in [7, 11) is 3.11. The predicted molar refractivity (Wildman–Crippen MR) is 54.0 cm³/mol. The second kappa shape index (κ2) is 6.02. The highest BCUT2D eigenvalue weighted by Crippen LogP contribution is 2.29. The number of ether oxygens (including phenoxy) is 2. The van der Waals surface area contributed by atoms with Gasteiger partial charge in [-0.05, 0) is 18.8 Å². The molecular formula is C11H20O3. The van der Waals surface area contributed by atoms with Crippen LogP contribution in [0.5, 0.6) is 0 Å². The Hall–Kier alpha value is -0.570. The van der Waals surface area contributed by atoms with Crippen molar-refractivity contribution in [2.45, 2.75) is 44.6 Å². The molecule has 82 valence electrons. The maximum atomic E-state index is 11.1. The summed E-state index contributed by atoms with van der Waals surface area (Å²) in [5.74, 6) is 0.385. The molecule has 1 atom stereocenters. The van der Waals surface area contributed by atoms with Crippen LogP contribution in [0.3, 0.4) is 0 Å². The van der Waals surface area contributed by atoms with Crippen LogP contribution in [0.25, 0.3) is 0 Å². The topological polar surface area (TPSA) is 35.5 Å². The Morgan fingerprint density at radius 3 is 2.43 bits per heavy atom. The molecule has 1 rings (SSSR count). The lowest BCUT2D eigenvalue weighted by Gasteiger charge is -2.28. The number of hydrogen-bond donors (Lipinski definition) is 0. The third-order valence-corrected chi connectivity index (χ3v) is 3.07. The number of carbonyl (C=O) groups is 1. The minimum absolute atomic E-state index is 0.0581. The summed E-state index contributed by atoms with van der Waals surface area (Å²) in [5.41, 5.74) is 0. The third kappa shape index (κ3) is 3.29. The first-order valence-corrected chi connectivity index (χ1v) is 5.37. The van der Waals surface area contributed by atoms with E-state index in [4.69, 9.17) is 4.74 Å². The summed E-state index contributed by atoms with van der Waals surface area (Å²) in [6.07, 6.45) is 6.70. The molecule has 0 radical (unpaired) electrons. The Labute approximate surface area is 85.8 Å². The van der Waals surface area contributed by atoms with E-state index in [1.807, 2.05) is 0 Å². The Bertz CT molecular complexity index is 173. The first-order valence-electron chi connectivity index (χ1n) is 5.37. The second-order valence-electron chi connectivity index (χ2n) is 3.95. The molecule has 0 spiro atoms. The average Bonchev–Trinajstić information content (AvgIpc) is 2.26. The molecule has 0 heterocycles. The number of carbonyl (C=O) groups excluding carboxylic acids is 1. The van der Waals surface area contributed by atoms with Gasteiger partial charge in [-0.1, -0.05) is 19.3 Å². The Morgan fingerprint density at radius 1 is 1.29 bits per heavy atom. The van der Waals surface area contributed by atoms with Crippen LogP contribution in [0.2, 0.25) is 0 Å². The number of rotatable bonds is 4. The largest absolute Gasteiger partial charge is 0.469 e. The second-order valence-corrected chi connectivity index (χ2v) is 3.95. The Morgan fingerprint density at radius 2 is 1.93 bits per heavy atom. The van der Waals surface area contributed by atoms with Crippen molar-refractivity contribution >= 4 is 5.97 Å². The van der Waals surface area contributed by atoms with E-state index in [2.05, 4.69) is 4.74 Å². The Balaban J connectivity index is 2.39. The van der Waals surface area contributed by atoms with Crippen molar-refractivity contribution in [2.75, 3.05) is 14.2 Å². The summed E-state index contributed by atoms with van der Waals surface area (Å²) >= 11 is 0. The van der Waals surface area contributed by atoms with Crippen LogP contribution in [-0.2, 0) is 14.3 Å². The van der Waals surface area contributed by atoms with Gasteiger partial charge in [-0.25, -0.2) is 0 Å². The van der Waals surface area contributed by atoms with Crippen LogP contribution in [0.4, 0.5) is 0 Å². The maximum absolute atomic E-state index is 11.1. The summed E-state index contributed by atoms with van der Waals surface area (Å²) in [5, 5.41) is 0. The van der Waals surface area contributed by atoms with Crippen molar-refractivity contribution < 1.29 is 14.3 Å². The van der Waals surface area contributed by atoms with E-state index in [-0.39, 0.29) is 12.1 Å². The van der Waals surface area contributed by atoms with Crippen molar-refractivity contribution in [3.8, 4) is 0 Å². The lowest BCUT2D eigenvalue weighted by atomic mass is 9.84. The van der Waals surface area contributed by atoms with Gasteiger partial charge in [0.05, 0.1) is 19.6 Å². The van der Waals surface area contributed by atoms with E-state index in [0.717, 1.165) is 0 Å². The van der Waals surface area contributed by atoms with Gasteiger partial charge in [0.1, 0.15) is 0 Å². The molecule has 0 bridgehead atoms. The van der Waals surface area contributed by atoms with Crippen molar-refractivity contribution in [3.63, 3.8) is 0 Å². The first kappa shape index (κ1) is 11.5. The minimum atomic E-state index is -0.164. The normalized spacial score (nSPS) is 20.4. The van der Waals surface area contributed by atoms with Crippen LogP contribution in [0.1, 0.15) is 38.5 Å². The van der Waals surface area contributed by atoms with Crippen molar-refractivity contribution in [1.82, 2.24) is 0 Å². The lowest BCUT2D eigenvalue weighted by Crippen LogP contribution is -2.28. The molecule has 0 N–H and O–H groups in total. The standard InChI is InChI=1S/C11H20O3/c1-13-10(8-11(12)14-2)9-6-4-3-5-7-9/h9-10H,3-8H2,1-2H3. The molecule has 0 aliphatic heterocycles. The quantitative estimate of drug-likeness (QED) is 0.652. The number of methoxy groups -OCH3 is 2. The molecule has 3 heteroatoms. The molecule has 0 saturated heterocycles. The van der Waals surface area contributed by atoms with Gasteiger partial charge in [-0.15, -0.1) is 0 Å². The summed E-state index contributed by atoms with van der Waals surface area (Å²) < 4.78 is 10.0. The zero-order valence-electron chi connectivity index (χ0n) is 9.12. The summed E-state index contributed by atoms with van der Waals surface area (Å²) in [4.78, 5) is 11.1. The molecule has 1 saturated carbocycles. The van der Waals surface area contributed by atoms with Crippen LogP contribution < -0.4 is 0 Å². The number of esters is 1. The van der Waals surface area contributed by atoms with E-state index in [9.17, 15) is 4.79 Å². The van der Waals surface area contributed by atoms with Gasteiger partial charge in [-0.2, -0.15) is 0 Å². The van der Waals surface area contributed by atoms with Crippen molar-refractivity contribution in [3.05, 3.63) is 0 Å². The molecule has 1 unspecified atom stereocenters. The van der Waals surface area contributed by atoms with Crippen LogP contribution in [0.15, 0.2) is 0 Å². The van der Waals surface area contributed by atoms with E-state index >= 15 is 0 Å². The molecule has 0 aromatic carbocycles. The average molecular weight is 200 g/mol. The van der Waals surface area contributed by atoms with Gasteiger partial charge < -0.3 is 9.47 Å². The molecule has 3 nitrogen and oxygen atoms in total. The highest BCUT2D eigenvalue weighted by atomic mass is 16.5. The monoisotopic (exact) mass is 200 g/mol. The molecule has 1 aliphatic rings. The van der Waals surface area contributed by atoms with E-state index in [0.29, 0.717) is 12.3 Å². The zero-order chi connectivity index (χ0) is 10.4. The third-order valence-electron chi connectivity index (χ3n) is 3.07.